The summed E-state index contributed by atoms with van der Waals surface area (Å²) >= 11 is 0. The van der Waals surface area contributed by atoms with E-state index in [2.05, 4.69) is 10.3 Å². The van der Waals surface area contributed by atoms with Crippen molar-refractivity contribution in [3.8, 4) is 0 Å². The summed E-state index contributed by atoms with van der Waals surface area (Å²) < 4.78 is 1.80. The third kappa shape index (κ3) is 3.46. The fourth-order valence-corrected chi connectivity index (χ4v) is 2.83. The van der Waals surface area contributed by atoms with Gasteiger partial charge in [-0.25, -0.2) is 4.98 Å². The molecule has 24 heavy (non-hydrogen) atoms. The van der Waals surface area contributed by atoms with Gasteiger partial charge in [-0.3, -0.25) is 9.20 Å². The number of aliphatic hydroxyl groups is 1. The third-order valence-corrected chi connectivity index (χ3v) is 4.14. The molecule has 3 rings (SSSR count). The number of pyridine rings is 1. The molecule has 0 radical (unpaired) electrons. The van der Waals surface area contributed by atoms with Gasteiger partial charge >= 0.3 is 0 Å². The Morgan fingerprint density at radius 1 is 1.25 bits per heavy atom. The lowest BCUT2D eigenvalue weighted by Gasteiger charge is -2.17. The summed E-state index contributed by atoms with van der Waals surface area (Å²) in [5.41, 5.74) is 3.45. The van der Waals surface area contributed by atoms with E-state index in [9.17, 15) is 9.90 Å². The number of nitrogens with zero attached hydrogens (tertiary/aromatic N) is 2. The highest BCUT2D eigenvalue weighted by atomic mass is 16.3. The number of nitrogens with one attached hydrogen (secondary N) is 1. The van der Waals surface area contributed by atoms with E-state index in [0.29, 0.717) is 18.7 Å². The van der Waals surface area contributed by atoms with Crippen LogP contribution in [0, 0.1) is 6.92 Å². The number of carbonyl (C=O) groups excluding carboxylic acids is 1. The standard InChI is InChI=1S/C19H21N3O2/c1-14-7-8-18-20-12-17(22(18)13-14)19(24)21-11-16(9-10-23)15-5-3-2-4-6-15/h2-8,12-13,16,23H,9-11H2,1H3,(H,21,24). The predicted octanol–water partition coefficient (Wildman–Crippen LogP) is 2.54. The van der Waals surface area contributed by atoms with Crippen LogP contribution < -0.4 is 5.32 Å². The fraction of sp³-hybridized carbons (Fsp3) is 0.263. The second-order valence-corrected chi connectivity index (χ2v) is 5.91. The SMILES string of the molecule is Cc1ccc2ncc(C(=O)NCC(CCO)c3ccccc3)n2c1. The number of imidazole rings is 1. The normalized spacial score (nSPS) is 12.2. The van der Waals surface area contributed by atoms with Gasteiger partial charge in [0.25, 0.3) is 5.91 Å². The minimum Gasteiger partial charge on any atom is -0.396 e. The second-order valence-electron chi connectivity index (χ2n) is 5.91. The Bertz CT molecular complexity index is 827. The maximum absolute atomic E-state index is 12.5. The summed E-state index contributed by atoms with van der Waals surface area (Å²) in [6, 6.07) is 13.8. The average molecular weight is 323 g/mol. The van der Waals surface area contributed by atoms with Crippen LogP contribution in [0.2, 0.25) is 0 Å². The zero-order valence-corrected chi connectivity index (χ0v) is 13.6. The van der Waals surface area contributed by atoms with Crippen LogP contribution in [0.1, 0.15) is 34.0 Å². The summed E-state index contributed by atoms with van der Waals surface area (Å²) in [7, 11) is 0. The number of aliphatic hydroxyl groups excluding tert-OH is 1. The molecule has 0 aliphatic heterocycles. The zero-order valence-electron chi connectivity index (χ0n) is 13.6. The van der Waals surface area contributed by atoms with Crippen molar-refractivity contribution in [1.82, 2.24) is 14.7 Å². The van der Waals surface area contributed by atoms with E-state index in [1.807, 2.05) is 55.6 Å². The summed E-state index contributed by atoms with van der Waals surface area (Å²) in [5, 5.41) is 12.3. The first-order valence-corrected chi connectivity index (χ1v) is 8.07. The van der Waals surface area contributed by atoms with Gasteiger partial charge in [-0.2, -0.15) is 0 Å². The molecule has 1 atom stereocenters. The van der Waals surface area contributed by atoms with Gasteiger partial charge in [-0.1, -0.05) is 36.4 Å². The van der Waals surface area contributed by atoms with E-state index in [4.69, 9.17) is 0 Å². The van der Waals surface area contributed by atoms with Crippen molar-refractivity contribution in [3.05, 3.63) is 71.7 Å². The Balaban J connectivity index is 1.74. The molecule has 2 N–H and O–H groups in total. The Morgan fingerprint density at radius 2 is 2.04 bits per heavy atom. The van der Waals surface area contributed by atoms with E-state index >= 15 is 0 Å². The highest BCUT2D eigenvalue weighted by Crippen LogP contribution is 2.18. The molecule has 0 bridgehead atoms. The molecule has 1 unspecified atom stereocenters. The van der Waals surface area contributed by atoms with Gasteiger partial charge in [-0.15, -0.1) is 0 Å². The number of amides is 1. The molecule has 0 saturated carbocycles. The number of fused-ring (bicyclic) bond motifs is 1. The average Bonchev–Trinajstić information content (AvgIpc) is 3.02. The minimum absolute atomic E-state index is 0.0843. The Morgan fingerprint density at radius 3 is 2.79 bits per heavy atom. The summed E-state index contributed by atoms with van der Waals surface area (Å²) in [6.07, 6.45) is 4.10. The van der Waals surface area contributed by atoms with Gasteiger partial charge in [0, 0.05) is 25.3 Å². The van der Waals surface area contributed by atoms with Crippen molar-refractivity contribution >= 4 is 11.6 Å². The smallest absolute Gasteiger partial charge is 0.269 e. The van der Waals surface area contributed by atoms with Crippen LogP contribution in [-0.2, 0) is 0 Å². The topological polar surface area (TPSA) is 66.6 Å². The lowest BCUT2D eigenvalue weighted by molar-refractivity contribution is 0.0943. The third-order valence-electron chi connectivity index (χ3n) is 4.14. The molecule has 5 nitrogen and oxygen atoms in total. The molecule has 0 aliphatic carbocycles. The number of rotatable bonds is 6. The summed E-state index contributed by atoms with van der Waals surface area (Å²) in [4.78, 5) is 16.8. The number of benzene rings is 1. The molecule has 124 valence electrons. The minimum atomic E-state index is -0.160. The van der Waals surface area contributed by atoms with Gasteiger partial charge in [0.2, 0.25) is 0 Å². The molecule has 0 spiro atoms. The summed E-state index contributed by atoms with van der Waals surface area (Å²) in [5.74, 6) is -0.0759. The lowest BCUT2D eigenvalue weighted by atomic mass is 9.96. The first kappa shape index (κ1) is 16.2. The molecular formula is C19H21N3O2. The fourth-order valence-electron chi connectivity index (χ4n) is 2.83. The van der Waals surface area contributed by atoms with Crippen molar-refractivity contribution in [2.75, 3.05) is 13.2 Å². The van der Waals surface area contributed by atoms with Gasteiger partial charge < -0.3 is 10.4 Å². The first-order valence-electron chi connectivity index (χ1n) is 8.07. The van der Waals surface area contributed by atoms with Crippen molar-refractivity contribution in [2.45, 2.75) is 19.3 Å². The van der Waals surface area contributed by atoms with Gasteiger partial charge in [0.1, 0.15) is 11.3 Å². The maximum Gasteiger partial charge on any atom is 0.269 e. The molecule has 2 aromatic heterocycles. The van der Waals surface area contributed by atoms with Crippen LogP contribution >= 0.6 is 0 Å². The quantitative estimate of drug-likeness (QED) is 0.732. The van der Waals surface area contributed by atoms with Crippen molar-refractivity contribution in [2.24, 2.45) is 0 Å². The van der Waals surface area contributed by atoms with Gasteiger partial charge in [-0.05, 0) is 30.5 Å². The molecule has 2 heterocycles. The number of aryl methyl sites for hydroxylation is 1. The number of aromatic nitrogens is 2. The number of carbonyl (C=O) groups is 1. The predicted molar refractivity (Wildman–Crippen MR) is 93.1 cm³/mol. The van der Waals surface area contributed by atoms with Gasteiger partial charge in [0.15, 0.2) is 0 Å². The molecule has 1 aromatic carbocycles. The first-order chi connectivity index (χ1) is 11.7. The lowest BCUT2D eigenvalue weighted by Crippen LogP contribution is -2.29. The molecular weight excluding hydrogens is 302 g/mol. The van der Waals surface area contributed by atoms with E-state index in [1.54, 1.807) is 10.6 Å². The van der Waals surface area contributed by atoms with Crippen LogP contribution in [0.15, 0.2) is 54.9 Å². The zero-order chi connectivity index (χ0) is 16.9. The van der Waals surface area contributed by atoms with E-state index in [0.717, 1.165) is 16.8 Å². The highest BCUT2D eigenvalue weighted by Gasteiger charge is 2.16. The highest BCUT2D eigenvalue weighted by molar-refractivity contribution is 5.93. The molecule has 3 aromatic rings. The Labute approximate surface area is 141 Å². The monoisotopic (exact) mass is 323 g/mol. The van der Waals surface area contributed by atoms with Gasteiger partial charge in [0.05, 0.1) is 6.20 Å². The van der Waals surface area contributed by atoms with E-state index in [-0.39, 0.29) is 18.4 Å². The number of hydrogen-bond donors (Lipinski definition) is 2. The molecule has 0 aliphatic rings. The largest absolute Gasteiger partial charge is 0.396 e. The van der Waals surface area contributed by atoms with Crippen LogP contribution in [0.5, 0.6) is 0 Å². The van der Waals surface area contributed by atoms with E-state index in [1.165, 1.54) is 0 Å². The molecule has 5 heteroatoms. The van der Waals surface area contributed by atoms with Crippen LogP contribution in [0.25, 0.3) is 5.65 Å². The Hall–Kier alpha value is -2.66. The van der Waals surface area contributed by atoms with Crippen molar-refractivity contribution in [3.63, 3.8) is 0 Å². The molecule has 0 saturated heterocycles. The van der Waals surface area contributed by atoms with Crippen LogP contribution in [0.3, 0.4) is 0 Å². The van der Waals surface area contributed by atoms with E-state index < -0.39 is 0 Å². The maximum atomic E-state index is 12.5. The number of hydrogen-bond acceptors (Lipinski definition) is 3. The van der Waals surface area contributed by atoms with Crippen LogP contribution in [0.4, 0.5) is 0 Å². The van der Waals surface area contributed by atoms with Crippen molar-refractivity contribution in [1.29, 1.82) is 0 Å². The Kier molecular flexibility index (Phi) is 4.91. The second kappa shape index (κ2) is 7.27. The molecule has 1 amide bonds. The van der Waals surface area contributed by atoms with Crippen molar-refractivity contribution < 1.29 is 9.90 Å². The summed E-state index contributed by atoms with van der Waals surface area (Å²) in [6.45, 7) is 2.54. The molecule has 0 fully saturated rings. The van der Waals surface area contributed by atoms with Crippen LogP contribution in [-0.4, -0.2) is 33.6 Å².